The van der Waals surface area contributed by atoms with E-state index in [-0.39, 0.29) is 11.9 Å². The van der Waals surface area contributed by atoms with Gasteiger partial charge < -0.3 is 15.3 Å². The van der Waals surface area contributed by atoms with Crippen LogP contribution in [0.2, 0.25) is 0 Å². The van der Waals surface area contributed by atoms with Crippen LogP contribution in [0, 0.1) is 0 Å². The molecule has 1 saturated heterocycles. The molecule has 3 N–H and O–H groups in total. The molecule has 4 heterocycles. The number of carbonyl (C=O) groups is 1. The van der Waals surface area contributed by atoms with E-state index < -0.39 is 5.60 Å². The fourth-order valence-electron chi connectivity index (χ4n) is 3.01. The van der Waals surface area contributed by atoms with Crippen molar-refractivity contribution < 1.29 is 9.90 Å². The Morgan fingerprint density at radius 3 is 3.20 bits per heavy atom. The van der Waals surface area contributed by atoms with Gasteiger partial charge in [-0.25, -0.2) is 9.97 Å². The Kier molecular flexibility index (Phi) is 2.12. The summed E-state index contributed by atoms with van der Waals surface area (Å²) in [4.78, 5) is 22.6. The maximum atomic E-state index is 12.3. The minimum atomic E-state index is -0.831. The van der Waals surface area contributed by atoms with E-state index in [1.54, 1.807) is 6.92 Å². The molecule has 8 heteroatoms. The minimum absolute atomic E-state index is 0.107. The van der Waals surface area contributed by atoms with Crippen LogP contribution in [-0.2, 0) is 4.79 Å². The van der Waals surface area contributed by atoms with Gasteiger partial charge in [0, 0.05) is 6.54 Å². The van der Waals surface area contributed by atoms with Crippen LogP contribution < -0.4 is 10.2 Å². The van der Waals surface area contributed by atoms with Crippen molar-refractivity contribution in [3.63, 3.8) is 0 Å². The van der Waals surface area contributed by atoms with Gasteiger partial charge >= 0.3 is 0 Å². The summed E-state index contributed by atoms with van der Waals surface area (Å²) in [6.45, 7) is 2.14. The fourth-order valence-corrected chi connectivity index (χ4v) is 3.01. The molecule has 0 bridgehead atoms. The zero-order valence-corrected chi connectivity index (χ0v) is 10.9. The Labute approximate surface area is 114 Å². The Hall–Kier alpha value is -2.22. The second-order valence-electron chi connectivity index (χ2n) is 5.66. The van der Waals surface area contributed by atoms with Gasteiger partial charge in [-0.3, -0.25) is 9.89 Å². The minimum Gasteiger partial charge on any atom is -0.388 e. The summed E-state index contributed by atoms with van der Waals surface area (Å²) in [5.74, 6) is 1.06. The lowest BCUT2D eigenvalue weighted by Crippen LogP contribution is -2.55. The molecule has 8 nitrogen and oxygen atoms in total. The normalized spacial score (nSPS) is 29.0. The number of piperidine rings is 1. The summed E-state index contributed by atoms with van der Waals surface area (Å²) in [7, 11) is 0. The van der Waals surface area contributed by atoms with Crippen molar-refractivity contribution in [2.24, 2.45) is 0 Å². The van der Waals surface area contributed by atoms with E-state index in [4.69, 9.17) is 0 Å². The molecule has 2 aromatic rings. The van der Waals surface area contributed by atoms with Gasteiger partial charge in [-0.05, 0) is 19.8 Å². The van der Waals surface area contributed by atoms with Crippen LogP contribution in [0.4, 0.5) is 11.6 Å². The van der Waals surface area contributed by atoms with E-state index in [9.17, 15) is 9.90 Å². The first-order valence-electron chi connectivity index (χ1n) is 6.54. The summed E-state index contributed by atoms with van der Waals surface area (Å²) in [6.07, 6.45) is 2.60. The molecule has 2 aliphatic heterocycles. The zero-order valence-electron chi connectivity index (χ0n) is 10.9. The van der Waals surface area contributed by atoms with E-state index >= 15 is 0 Å². The van der Waals surface area contributed by atoms with Crippen LogP contribution >= 0.6 is 0 Å². The van der Waals surface area contributed by atoms with Crippen LogP contribution in [0.25, 0.3) is 11.0 Å². The molecule has 104 valence electrons. The number of carbonyl (C=O) groups excluding carboxylic acids is 1. The molecular weight excluding hydrogens is 260 g/mol. The molecule has 2 aromatic heterocycles. The summed E-state index contributed by atoms with van der Waals surface area (Å²) < 4.78 is 0. The summed E-state index contributed by atoms with van der Waals surface area (Å²) >= 11 is 0. The molecule has 0 aromatic carbocycles. The lowest BCUT2D eigenvalue weighted by atomic mass is 9.90. The molecule has 2 atom stereocenters. The monoisotopic (exact) mass is 274 g/mol. The van der Waals surface area contributed by atoms with Gasteiger partial charge in [-0.15, -0.1) is 0 Å². The Balaban J connectivity index is 1.94. The molecule has 0 aliphatic carbocycles. The second-order valence-corrected chi connectivity index (χ2v) is 5.66. The number of hydrogen-bond acceptors (Lipinski definition) is 6. The lowest BCUT2D eigenvalue weighted by molar-refractivity contribution is -0.118. The number of hydrogen-bond donors (Lipinski definition) is 3. The van der Waals surface area contributed by atoms with Crippen LogP contribution in [0.15, 0.2) is 6.33 Å². The topological polar surface area (TPSA) is 107 Å². The lowest BCUT2D eigenvalue weighted by Gasteiger charge is -2.41. The quantitative estimate of drug-likeness (QED) is 0.625. The number of H-pyrrole nitrogens is 1. The summed E-state index contributed by atoms with van der Waals surface area (Å²) in [5, 5.41) is 20.7. The van der Waals surface area contributed by atoms with Gasteiger partial charge in [0.2, 0.25) is 5.91 Å². The maximum Gasteiger partial charge on any atom is 0.248 e. The van der Waals surface area contributed by atoms with Crippen molar-refractivity contribution >= 4 is 28.6 Å². The van der Waals surface area contributed by atoms with Crippen molar-refractivity contribution in [3.05, 3.63) is 6.33 Å². The third kappa shape index (κ3) is 1.51. The number of aromatic amines is 1. The van der Waals surface area contributed by atoms with Gasteiger partial charge in [0.1, 0.15) is 29.4 Å². The molecule has 2 unspecified atom stereocenters. The molecule has 20 heavy (non-hydrogen) atoms. The van der Waals surface area contributed by atoms with E-state index in [0.717, 1.165) is 0 Å². The van der Waals surface area contributed by atoms with Gasteiger partial charge in [0.15, 0.2) is 5.65 Å². The molecule has 2 aliphatic rings. The number of nitrogens with zero attached hydrogens (tertiary/aromatic N) is 4. The fraction of sp³-hybridized carbons (Fsp3) is 0.500. The largest absolute Gasteiger partial charge is 0.388 e. The number of fused-ring (bicyclic) bond motifs is 2. The van der Waals surface area contributed by atoms with Gasteiger partial charge in [0.05, 0.1) is 5.60 Å². The first-order chi connectivity index (χ1) is 9.55. The molecule has 4 rings (SSSR count). The number of amides is 1. The number of anilines is 2. The number of rotatable bonds is 0. The van der Waals surface area contributed by atoms with Gasteiger partial charge in [0.25, 0.3) is 0 Å². The van der Waals surface area contributed by atoms with Crippen molar-refractivity contribution in [3.8, 4) is 0 Å². The Bertz CT molecular complexity index is 709. The average molecular weight is 274 g/mol. The number of nitrogens with one attached hydrogen (secondary N) is 2. The third-order valence-corrected chi connectivity index (χ3v) is 4.00. The summed E-state index contributed by atoms with van der Waals surface area (Å²) in [6, 6.07) is -0.325. The molecule has 0 saturated carbocycles. The van der Waals surface area contributed by atoms with Crippen molar-refractivity contribution in [2.45, 2.75) is 31.4 Å². The van der Waals surface area contributed by atoms with Crippen LogP contribution in [0.3, 0.4) is 0 Å². The third-order valence-electron chi connectivity index (χ3n) is 4.00. The number of aromatic nitrogens is 4. The maximum absolute atomic E-state index is 12.3. The average Bonchev–Trinajstić information content (AvgIpc) is 2.76. The second kappa shape index (κ2) is 3.66. The Morgan fingerprint density at radius 1 is 1.50 bits per heavy atom. The highest BCUT2D eigenvalue weighted by Gasteiger charge is 2.41. The Morgan fingerprint density at radius 2 is 2.35 bits per heavy atom. The van der Waals surface area contributed by atoms with Gasteiger partial charge in [-0.2, -0.15) is 5.10 Å². The van der Waals surface area contributed by atoms with E-state index in [1.165, 1.54) is 6.33 Å². The first kappa shape index (κ1) is 11.6. The van der Waals surface area contributed by atoms with Crippen molar-refractivity contribution in [2.75, 3.05) is 16.8 Å². The SMILES string of the molecule is CC1(O)CCC2C(=O)Nc3[nH]nc4ncnc(c34)N2C1. The van der Waals surface area contributed by atoms with Crippen molar-refractivity contribution in [1.82, 2.24) is 20.2 Å². The van der Waals surface area contributed by atoms with E-state index in [0.29, 0.717) is 42.1 Å². The summed E-state index contributed by atoms with van der Waals surface area (Å²) in [5.41, 5.74) is -0.321. The van der Waals surface area contributed by atoms with E-state index in [2.05, 4.69) is 25.5 Å². The highest BCUT2D eigenvalue weighted by Crippen LogP contribution is 2.37. The predicted molar refractivity (Wildman–Crippen MR) is 71.3 cm³/mol. The molecule has 1 amide bonds. The van der Waals surface area contributed by atoms with Crippen molar-refractivity contribution in [1.29, 1.82) is 0 Å². The van der Waals surface area contributed by atoms with Crippen LogP contribution in [0.5, 0.6) is 0 Å². The van der Waals surface area contributed by atoms with E-state index in [1.807, 2.05) is 4.90 Å². The highest BCUT2D eigenvalue weighted by atomic mass is 16.3. The zero-order chi connectivity index (χ0) is 13.9. The van der Waals surface area contributed by atoms with Crippen LogP contribution in [-0.4, -0.2) is 49.4 Å². The first-order valence-corrected chi connectivity index (χ1v) is 6.54. The molecule has 0 radical (unpaired) electrons. The van der Waals surface area contributed by atoms with Crippen LogP contribution in [0.1, 0.15) is 19.8 Å². The predicted octanol–water partition coefficient (Wildman–Crippen LogP) is 0.0248. The highest BCUT2D eigenvalue weighted by molar-refractivity contribution is 6.09. The molecule has 1 fully saturated rings. The molecular formula is C12H14N6O2. The molecule has 0 spiro atoms. The smallest absolute Gasteiger partial charge is 0.248 e. The van der Waals surface area contributed by atoms with Gasteiger partial charge in [-0.1, -0.05) is 0 Å². The standard InChI is InChI=1S/C12H14N6O2/c1-12(20)3-2-6-11(19)15-9-7-8(16-17-9)13-5-14-10(7)18(6)4-12/h5-6,20H,2-4H2,1H3,(H2,13,14,15,16,17,19). The number of aliphatic hydroxyl groups is 1.